The lowest BCUT2D eigenvalue weighted by molar-refractivity contribution is -0.125. The Bertz CT molecular complexity index is 684. The van der Waals surface area contributed by atoms with E-state index in [-0.39, 0.29) is 5.82 Å². The molecule has 108 valence electrons. The van der Waals surface area contributed by atoms with Crippen LogP contribution in [0.5, 0.6) is 0 Å². The molecule has 2 N–H and O–H groups in total. The van der Waals surface area contributed by atoms with Crippen molar-refractivity contribution in [2.75, 3.05) is 5.88 Å². The first kappa shape index (κ1) is 15.5. The second-order valence-electron chi connectivity index (χ2n) is 4.98. The zero-order valence-corrected chi connectivity index (χ0v) is 14.0. The molecule has 0 spiro atoms. The third kappa shape index (κ3) is 2.50. The van der Waals surface area contributed by atoms with Gasteiger partial charge in [0.2, 0.25) is 5.91 Å². The highest BCUT2D eigenvalue weighted by Crippen LogP contribution is 2.28. The fourth-order valence-electron chi connectivity index (χ4n) is 2.11. The van der Waals surface area contributed by atoms with Crippen molar-refractivity contribution in [3.63, 3.8) is 0 Å². The van der Waals surface area contributed by atoms with Gasteiger partial charge in [0.05, 0.1) is 14.6 Å². The van der Waals surface area contributed by atoms with E-state index in [0.29, 0.717) is 32.7 Å². The molecule has 0 fully saturated rings. The number of amides is 1. The van der Waals surface area contributed by atoms with Crippen molar-refractivity contribution in [2.24, 2.45) is 5.73 Å². The highest BCUT2D eigenvalue weighted by atomic mass is 127. The number of alkyl halides is 1. The van der Waals surface area contributed by atoms with Crippen LogP contribution in [0.4, 0.5) is 4.39 Å². The minimum absolute atomic E-state index is 0.350. The lowest BCUT2D eigenvalue weighted by atomic mass is 10.0. The molecule has 1 aromatic carbocycles. The first-order valence-corrected chi connectivity index (χ1v) is 7.63. The number of halogens is 3. The predicted molar refractivity (Wildman–Crippen MR) is 85.3 cm³/mol. The van der Waals surface area contributed by atoms with Crippen LogP contribution >= 0.6 is 34.2 Å². The molecule has 0 saturated carbocycles. The summed E-state index contributed by atoms with van der Waals surface area (Å²) < 4.78 is 16.0. The number of benzene rings is 1. The zero-order valence-electron chi connectivity index (χ0n) is 11.1. The Hall–Kier alpha value is -0.890. The van der Waals surface area contributed by atoms with Crippen LogP contribution in [-0.4, -0.2) is 21.3 Å². The Morgan fingerprint density at radius 2 is 2.20 bits per heavy atom. The minimum Gasteiger partial charge on any atom is -0.368 e. The highest BCUT2D eigenvalue weighted by Gasteiger charge is 2.31. The SMILES string of the molecule is CC(C)(C(N)=O)n1c(CCCl)nc2cc(I)c(F)cc21. The molecule has 2 aromatic rings. The average molecular weight is 410 g/mol. The number of fused-ring (bicyclic) bond motifs is 1. The molecule has 0 bridgehead atoms. The van der Waals surface area contributed by atoms with Gasteiger partial charge in [0.1, 0.15) is 17.2 Å². The normalized spacial score (nSPS) is 12.1. The molecule has 1 aromatic heterocycles. The van der Waals surface area contributed by atoms with E-state index in [1.165, 1.54) is 6.07 Å². The Balaban J connectivity index is 2.81. The maximum absolute atomic E-state index is 13.8. The fraction of sp³-hybridized carbons (Fsp3) is 0.385. The van der Waals surface area contributed by atoms with E-state index in [4.69, 9.17) is 17.3 Å². The van der Waals surface area contributed by atoms with Crippen LogP contribution in [0.3, 0.4) is 0 Å². The van der Waals surface area contributed by atoms with Crippen molar-refractivity contribution in [1.82, 2.24) is 9.55 Å². The molecule has 0 atom stereocenters. The van der Waals surface area contributed by atoms with Crippen LogP contribution in [0.25, 0.3) is 11.0 Å². The van der Waals surface area contributed by atoms with Gasteiger partial charge in [-0.1, -0.05) is 0 Å². The third-order valence-electron chi connectivity index (χ3n) is 3.25. The average Bonchev–Trinajstić information content (AvgIpc) is 2.68. The van der Waals surface area contributed by atoms with E-state index in [1.54, 1.807) is 24.5 Å². The van der Waals surface area contributed by atoms with Gasteiger partial charge in [-0.25, -0.2) is 9.37 Å². The van der Waals surface area contributed by atoms with Crippen molar-refractivity contribution in [2.45, 2.75) is 25.8 Å². The summed E-state index contributed by atoms with van der Waals surface area (Å²) in [5.74, 6) is 0.126. The molecule has 1 amide bonds. The van der Waals surface area contributed by atoms with Crippen molar-refractivity contribution in [1.29, 1.82) is 0 Å². The van der Waals surface area contributed by atoms with Gasteiger partial charge >= 0.3 is 0 Å². The van der Waals surface area contributed by atoms with Crippen LogP contribution in [0, 0.1) is 9.39 Å². The van der Waals surface area contributed by atoms with Crippen LogP contribution in [-0.2, 0) is 16.8 Å². The molecule has 2 rings (SSSR count). The number of primary amides is 1. The van der Waals surface area contributed by atoms with E-state index < -0.39 is 11.4 Å². The number of carbonyl (C=O) groups excluding carboxylic acids is 1. The van der Waals surface area contributed by atoms with Crippen molar-refractivity contribution in [3.8, 4) is 0 Å². The summed E-state index contributed by atoms with van der Waals surface area (Å²) in [6.45, 7) is 3.37. The third-order valence-corrected chi connectivity index (χ3v) is 4.26. The number of imidazole rings is 1. The number of hydrogen-bond acceptors (Lipinski definition) is 2. The number of carbonyl (C=O) groups is 1. The summed E-state index contributed by atoms with van der Waals surface area (Å²) >= 11 is 7.69. The lowest BCUT2D eigenvalue weighted by Gasteiger charge is -2.25. The molecule has 0 saturated heterocycles. The van der Waals surface area contributed by atoms with Gasteiger partial charge in [-0.3, -0.25) is 4.79 Å². The maximum atomic E-state index is 13.8. The Kier molecular flexibility index (Phi) is 4.24. The standard InChI is InChI=1S/C13H14ClFIN3O/c1-13(2,12(17)20)19-10-5-7(15)8(16)6-9(10)18-11(19)3-4-14/h5-6H,3-4H2,1-2H3,(H2,17,20). The Morgan fingerprint density at radius 3 is 2.75 bits per heavy atom. The molecule has 4 nitrogen and oxygen atoms in total. The molecule has 1 heterocycles. The predicted octanol–water partition coefficient (Wildman–Crippen LogP) is 2.78. The van der Waals surface area contributed by atoms with Gasteiger partial charge in [0, 0.05) is 18.4 Å². The number of rotatable bonds is 4. The number of aryl methyl sites for hydroxylation is 1. The monoisotopic (exact) mass is 409 g/mol. The highest BCUT2D eigenvalue weighted by molar-refractivity contribution is 14.1. The summed E-state index contributed by atoms with van der Waals surface area (Å²) in [4.78, 5) is 16.2. The van der Waals surface area contributed by atoms with Gasteiger partial charge in [-0.05, 0) is 42.5 Å². The Labute approximate surface area is 134 Å². The lowest BCUT2D eigenvalue weighted by Crippen LogP contribution is -2.42. The summed E-state index contributed by atoms with van der Waals surface area (Å²) in [6.07, 6.45) is 0.477. The fourth-order valence-corrected chi connectivity index (χ4v) is 2.73. The molecule has 0 radical (unpaired) electrons. The molecule has 0 unspecified atom stereocenters. The first-order valence-electron chi connectivity index (χ1n) is 6.01. The van der Waals surface area contributed by atoms with Gasteiger partial charge in [-0.2, -0.15) is 0 Å². The van der Waals surface area contributed by atoms with Crippen molar-refractivity contribution >= 4 is 51.1 Å². The van der Waals surface area contributed by atoms with E-state index >= 15 is 0 Å². The largest absolute Gasteiger partial charge is 0.368 e. The van der Waals surface area contributed by atoms with Crippen LogP contribution in [0.2, 0.25) is 0 Å². The molecule has 0 aliphatic heterocycles. The van der Waals surface area contributed by atoms with E-state index in [9.17, 15) is 9.18 Å². The summed E-state index contributed by atoms with van der Waals surface area (Å²) in [5.41, 5.74) is 5.64. The van der Waals surface area contributed by atoms with Crippen molar-refractivity contribution in [3.05, 3.63) is 27.3 Å². The van der Waals surface area contributed by atoms with Crippen molar-refractivity contribution < 1.29 is 9.18 Å². The number of hydrogen-bond donors (Lipinski definition) is 1. The summed E-state index contributed by atoms with van der Waals surface area (Å²) in [5, 5.41) is 0. The number of nitrogens with two attached hydrogens (primary N) is 1. The second-order valence-corrected chi connectivity index (χ2v) is 6.52. The topological polar surface area (TPSA) is 60.9 Å². The van der Waals surface area contributed by atoms with E-state index in [0.717, 1.165) is 0 Å². The molecule has 0 aliphatic rings. The van der Waals surface area contributed by atoms with Gasteiger partial charge in [-0.15, -0.1) is 11.6 Å². The van der Waals surface area contributed by atoms with Gasteiger partial charge < -0.3 is 10.3 Å². The summed E-state index contributed by atoms with van der Waals surface area (Å²) in [7, 11) is 0. The van der Waals surface area contributed by atoms with Gasteiger partial charge in [0.25, 0.3) is 0 Å². The molecule has 7 heteroatoms. The van der Waals surface area contributed by atoms with E-state index in [1.807, 2.05) is 22.6 Å². The smallest absolute Gasteiger partial charge is 0.243 e. The van der Waals surface area contributed by atoms with Crippen LogP contribution in [0.15, 0.2) is 12.1 Å². The Morgan fingerprint density at radius 1 is 1.55 bits per heavy atom. The summed E-state index contributed by atoms with van der Waals surface area (Å²) in [6, 6.07) is 3.03. The second kappa shape index (κ2) is 5.48. The van der Waals surface area contributed by atoms with Crippen LogP contribution < -0.4 is 5.73 Å². The quantitative estimate of drug-likeness (QED) is 0.623. The molecular weight excluding hydrogens is 396 g/mol. The minimum atomic E-state index is -1.00. The zero-order chi connectivity index (χ0) is 15.1. The number of nitrogens with zero attached hydrogens (tertiary/aromatic N) is 2. The first-order chi connectivity index (χ1) is 9.28. The molecule has 0 aliphatic carbocycles. The molecule has 20 heavy (non-hydrogen) atoms. The molecular formula is C13H14ClFIN3O. The van der Waals surface area contributed by atoms with E-state index in [2.05, 4.69) is 4.98 Å². The maximum Gasteiger partial charge on any atom is 0.243 e. The number of aromatic nitrogens is 2. The van der Waals surface area contributed by atoms with Gasteiger partial charge in [0.15, 0.2) is 0 Å². The van der Waals surface area contributed by atoms with Crippen LogP contribution in [0.1, 0.15) is 19.7 Å².